The van der Waals surface area contributed by atoms with Crippen LogP contribution in [0.25, 0.3) is 0 Å². The highest BCUT2D eigenvalue weighted by Gasteiger charge is 2.27. The van der Waals surface area contributed by atoms with Gasteiger partial charge in [0.05, 0.1) is 0 Å². The summed E-state index contributed by atoms with van der Waals surface area (Å²) in [7, 11) is 0. The van der Waals surface area contributed by atoms with E-state index in [9.17, 15) is 4.39 Å². The molecule has 1 atom stereocenters. The first-order valence-electron chi connectivity index (χ1n) is 6.71. The minimum atomic E-state index is -0.132. The van der Waals surface area contributed by atoms with Gasteiger partial charge in [-0.2, -0.15) is 0 Å². The molecule has 0 amide bonds. The predicted octanol–water partition coefficient (Wildman–Crippen LogP) is 4.68. The van der Waals surface area contributed by atoms with E-state index in [1.54, 1.807) is 0 Å². The highest BCUT2D eigenvalue weighted by atomic mass is 79.9. The van der Waals surface area contributed by atoms with Gasteiger partial charge in [-0.1, -0.05) is 48.7 Å². The monoisotopic (exact) mass is 315 g/mol. The fraction of sp³-hybridized carbons (Fsp3) is 0.600. The van der Waals surface area contributed by atoms with Crippen molar-refractivity contribution in [1.29, 1.82) is 0 Å². The molecule has 0 aliphatic rings. The van der Waals surface area contributed by atoms with E-state index in [-0.39, 0.29) is 11.2 Å². The Bertz CT molecular complexity index is 375. The van der Waals surface area contributed by atoms with Crippen molar-refractivity contribution in [3.8, 4) is 0 Å². The van der Waals surface area contributed by atoms with E-state index in [2.05, 4.69) is 29.8 Å². The van der Waals surface area contributed by atoms with Gasteiger partial charge in [0.1, 0.15) is 5.82 Å². The van der Waals surface area contributed by atoms with Gasteiger partial charge in [-0.25, -0.2) is 4.39 Å². The molecule has 1 nitrogen and oxygen atoms in total. The Morgan fingerprint density at radius 3 is 2.56 bits per heavy atom. The van der Waals surface area contributed by atoms with Gasteiger partial charge in [-0.05, 0) is 48.9 Å². The van der Waals surface area contributed by atoms with E-state index >= 15 is 0 Å². The topological polar surface area (TPSA) is 26.0 Å². The molecule has 0 bridgehead atoms. The van der Waals surface area contributed by atoms with Gasteiger partial charge in [0, 0.05) is 4.47 Å². The second kappa shape index (κ2) is 7.25. The lowest BCUT2D eigenvalue weighted by Gasteiger charge is -2.32. The van der Waals surface area contributed by atoms with Crippen molar-refractivity contribution in [1.82, 2.24) is 0 Å². The van der Waals surface area contributed by atoms with Crippen molar-refractivity contribution in [3.63, 3.8) is 0 Å². The standard InChI is InChI=1S/C15H23BrFN/c1-3-5-8-15(4-2,11-18)10-12-6-7-13(16)9-14(12)17/h6-7,9H,3-5,8,10-11,18H2,1-2H3. The molecule has 1 aromatic carbocycles. The molecule has 102 valence electrons. The molecule has 0 aliphatic carbocycles. The quantitative estimate of drug-likeness (QED) is 0.777. The van der Waals surface area contributed by atoms with Crippen LogP contribution in [0.15, 0.2) is 22.7 Å². The average Bonchev–Trinajstić information content (AvgIpc) is 2.37. The van der Waals surface area contributed by atoms with E-state index in [0.29, 0.717) is 6.54 Å². The molecule has 18 heavy (non-hydrogen) atoms. The number of unbranched alkanes of at least 4 members (excludes halogenated alkanes) is 1. The first kappa shape index (κ1) is 15.6. The molecule has 0 fully saturated rings. The van der Waals surface area contributed by atoms with E-state index in [1.807, 2.05) is 12.1 Å². The zero-order valence-electron chi connectivity index (χ0n) is 11.3. The Morgan fingerprint density at radius 1 is 1.33 bits per heavy atom. The number of benzene rings is 1. The first-order valence-corrected chi connectivity index (χ1v) is 7.50. The molecule has 1 aromatic rings. The number of nitrogens with two attached hydrogens (primary N) is 1. The van der Waals surface area contributed by atoms with E-state index < -0.39 is 0 Å². The number of rotatable bonds is 7. The van der Waals surface area contributed by atoms with Crippen LogP contribution in [0.1, 0.15) is 45.1 Å². The summed E-state index contributed by atoms with van der Waals surface area (Å²) in [6.45, 7) is 4.95. The Kier molecular flexibility index (Phi) is 6.30. The zero-order valence-corrected chi connectivity index (χ0v) is 12.9. The Morgan fingerprint density at radius 2 is 2.06 bits per heavy atom. The summed E-state index contributed by atoms with van der Waals surface area (Å²) in [5.41, 5.74) is 6.78. The Labute approximate surface area is 118 Å². The second-order valence-electron chi connectivity index (χ2n) is 5.07. The van der Waals surface area contributed by atoms with E-state index in [0.717, 1.165) is 42.1 Å². The molecule has 0 heterocycles. The molecule has 0 aromatic heterocycles. The highest BCUT2D eigenvalue weighted by Crippen LogP contribution is 2.33. The lowest BCUT2D eigenvalue weighted by Crippen LogP contribution is -2.32. The van der Waals surface area contributed by atoms with Crippen LogP contribution in [0.2, 0.25) is 0 Å². The predicted molar refractivity (Wildman–Crippen MR) is 79.1 cm³/mol. The van der Waals surface area contributed by atoms with Crippen LogP contribution in [-0.2, 0) is 6.42 Å². The Balaban J connectivity index is 2.88. The van der Waals surface area contributed by atoms with Gasteiger partial charge in [-0.3, -0.25) is 0 Å². The van der Waals surface area contributed by atoms with Crippen molar-refractivity contribution >= 4 is 15.9 Å². The minimum absolute atomic E-state index is 0.0463. The van der Waals surface area contributed by atoms with Crippen LogP contribution in [0.5, 0.6) is 0 Å². The van der Waals surface area contributed by atoms with Crippen LogP contribution in [0.3, 0.4) is 0 Å². The van der Waals surface area contributed by atoms with Gasteiger partial charge in [0.2, 0.25) is 0 Å². The second-order valence-corrected chi connectivity index (χ2v) is 5.99. The maximum Gasteiger partial charge on any atom is 0.127 e. The largest absolute Gasteiger partial charge is 0.330 e. The fourth-order valence-electron chi connectivity index (χ4n) is 2.33. The van der Waals surface area contributed by atoms with Crippen LogP contribution in [-0.4, -0.2) is 6.54 Å². The van der Waals surface area contributed by atoms with E-state index in [1.165, 1.54) is 6.07 Å². The molecule has 1 rings (SSSR count). The fourth-order valence-corrected chi connectivity index (χ4v) is 2.66. The normalized spacial score (nSPS) is 14.5. The third-order valence-corrected chi connectivity index (χ3v) is 4.32. The summed E-state index contributed by atoms with van der Waals surface area (Å²) < 4.78 is 14.7. The van der Waals surface area contributed by atoms with Crippen LogP contribution < -0.4 is 5.73 Å². The van der Waals surface area contributed by atoms with Gasteiger partial charge in [0.15, 0.2) is 0 Å². The number of hydrogen-bond acceptors (Lipinski definition) is 1. The molecule has 1 unspecified atom stereocenters. The summed E-state index contributed by atoms with van der Waals surface area (Å²) >= 11 is 3.29. The molecule has 0 radical (unpaired) electrons. The minimum Gasteiger partial charge on any atom is -0.330 e. The molecular formula is C15H23BrFN. The van der Waals surface area contributed by atoms with Crippen LogP contribution in [0, 0.1) is 11.2 Å². The summed E-state index contributed by atoms with van der Waals surface area (Å²) in [6, 6.07) is 5.30. The number of halogens is 2. The molecule has 3 heteroatoms. The van der Waals surface area contributed by atoms with Crippen molar-refractivity contribution < 1.29 is 4.39 Å². The van der Waals surface area contributed by atoms with Crippen molar-refractivity contribution in [3.05, 3.63) is 34.1 Å². The van der Waals surface area contributed by atoms with Gasteiger partial charge in [-0.15, -0.1) is 0 Å². The molecule has 2 N–H and O–H groups in total. The summed E-state index contributed by atoms with van der Waals surface area (Å²) in [5, 5.41) is 0. The third-order valence-electron chi connectivity index (χ3n) is 3.82. The molecule has 0 saturated heterocycles. The van der Waals surface area contributed by atoms with Gasteiger partial charge < -0.3 is 5.73 Å². The maximum atomic E-state index is 13.9. The average molecular weight is 316 g/mol. The van der Waals surface area contributed by atoms with Gasteiger partial charge >= 0.3 is 0 Å². The van der Waals surface area contributed by atoms with Crippen molar-refractivity contribution in [2.75, 3.05) is 6.54 Å². The summed E-state index contributed by atoms with van der Waals surface area (Å²) in [6.07, 6.45) is 5.12. The SMILES string of the molecule is CCCCC(CC)(CN)Cc1ccc(Br)cc1F. The zero-order chi connectivity index (χ0) is 13.6. The highest BCUT2D eigenvalue weighted by molar-refractivity contribution is 9.10. The smallest absolute Gasteiger partial charge is 0.127 e. The summed E-state index contributed by atoms with van der Waals surface area (Å²) in [4.78, 5) is 0. The van der Waals surface area contributed by atoms with Crippen LogP contribution in [0.4, 0.5) is 4.39 Å². The van der Waals surface area contributed by atoms with Crippen molar-refractivity contribution in [2.24, 2.45) is 11.1 Å². The first-order chi connectivity index (χ1) is 8.56. The van der Waals surface area contributed by atoms with Crippen LogP contribution >= 0.6 is 15.9 Å². The lowest BCUT2D eigenvalue weighted by atomic mass is 9.75. The third kappa shape index (κ3) is 4.06. The molecule has 0 saturated carbocycles. The molecular weight excluding hydrogens is 293 g/mol. The van der Waals surface area contributed by atoms with E-state index in [4.69, 9.17) is 5.73 Å². The Hall–Kier alpha value is -0.410. The molecule has 0 aliphatic heterocycles. The van der Waals surface area contributed by atoms with Crippen molar-refractivity contribution in [2.45, 2.75) is 46.0 Å². The maximum absolute atomic E-state index is 13.9. The lowest BCUT2D eigenvalue weighted by molar-refractivity contribution is 0.248. The van der Waals surface area contributed by atoms with Gasteiger partial charge in [0.25, 0.3) is 0 Å². The summed E-state index contributed by atoms with van der Waals surface area (Å²) in [5.74, 6) is -0.132. The number of hydrogen-bond donors (Lipinski definition) is 1. The molecule has 0 spiro atoms.